The molecule has 0 atom stereocenters. The van der Waals surface area contributed by atoms with Gasteiger partial charge in [0.05, 0.1) is 28.6 Å². The number of rotatable bonds is 5. The Morgan fingerprint density at radius 3 is 2.39 bits per heavy atom. The van der Waals surface area contributed by atoms with Gasteiger partial charge in [-0.3, -0.25) is 20.2 Å². The van der Waals surface area contributed by atoms with Crippen LogP contribution >= 0.6 is 0 Å². The molecule has 0 amide bonds. The van der Waals surface area contributed by atoms with Crippen LogP contribution in [0.1, 0.15) is 10.4 Å². The Kier molecular flexibility index (Phi) is 4.50. The minimum atomic E-state index is -0.943. The van der Waals surface area contributed by atoms with Gasteiger partial charge in [0.25, 0.3) is 5.69 Å². The smallest absolute Gasteiger partial charge is 0.344 e. The molecule has 9 heteroatoms. The second kappa shape index (κ2) is 6.52. The average molecular weight is 318 g/mol. The number of nitrogens with zero attached hydrogens (tertiary/aromatic N) is 2. The minimum Gasteiger partial charge on any atom is -0.496 e. The van der Waals surface area contributed by atoms with E-state index in [0.29, 0.717) is 0 Å². The molecule has 0 saturated heterocycles. The van der Waals surface area contributed by atoms with Crippen molar-refractivity contribution in [1.29, 1.82) is 0 Å². The van der Waals surface area contributed by atoms with E-state index in [0.717, 1.165) is 12.1 Å². The summed E-state index contributed by atoms with van der Waals surface area (Å²) in [6, 6.07) is 8.58. The first-order chi connectivity index (χ1) is 10.9. The number of hydrogen-bond acceptors (Lipinski definition) is 7. The van der Waals surface area contributed by atoms with Crippen molar-refractivity contribution < 1.29 is 24.1 Å². The van der Waals surface area contributed by atoms with Crippen LogP contribution in [0.4, 0.5) is 11.4 Å². The SMILES string of the molecule is COc1ccc(OC(=O)c2cccc([N+](=O)[O-])c2)c([N+](=O)[O-])c1. The van der Waals surface area contributed by atoms with E-state index in [4.69, 9.17) is 9.47 Å². The maximum Gasteiger partial charge on any atom is 0.344 e. The van der Waals surface area contributed by atoms with Crippen molar-refractivity contribution in [2.45, 2.75) is 0 Å². The van der Waals surface area contributed by atoms with Gasteiger partial charge in [0.1, 0.15) is 5.75 Å². The predicted molar refractivity (Wildman–Crippen MR) is 77.7 cm³/mol. The second-order valence-electron chi connectivity index (χ2n) is 4.29. The van der Waals surface area contributed by atoms with Crippen molar-refractivity contribution in [3.05, 3.63) is 68.3 Å². The van der Waals surface area contributed by atoms with Crippen LogP contribution in [-0.2, 0) is 0 Å². The zero-order valence-corrected chi connectivity index (χ0v) is 11.8. The first-order valence-electron chi connectivity index (χ1n) is 6.21. The van der Waals surface area contributed by atoms with Gasteiger partial charge in [-0.25, -0.2) is 4.79 Å². The highest BCUT2D eigenvalue weighted by atomic mass is 16.6. The molecule has 0 unspecified atom stereocenters. The lowest BCUT2D eigenvalue weighted by Gasteiger charge is -2.06. The van der Waals surface area contributed by atoms with Gasteiger partial charge >= 0.3 is 11.7 Å². The van der Waals surface area contributed by atoms with Gasteiger partial charge in [0.15, 0.2) is 0 Å². The van der Waals surface area contributed by atoms with E-state index in [1.165, 1.54) is 37.4 Å². The fourth-order valence-electron chi connectivity index (χ4n) is 1.76. The van der Waals surface area contributed by atoms with Crippen molar-refractivity contribution in [3.8, 4) is 11.5 Å². The predicted octanol–water partition coefficient (Wildman–Crippen LogP) is 2.73. The number of ether oxygens (including phenoxy) is 2. The number of benzene rings is 2. The molecule has 2 rings (SSSR count). The summed E-state index contributed by atoms with van der Waals surface area (Å²) in [5.41, 5.74) is -0.837. The zero-order chi connectivity index (χ0) is 17.0. The standard InChI is InChI=1S/C14H10N2O7/c1-22-11-5-6-13(12(8-11)16(20)21)23-14(17)9-3-2-4-10(7-9)15(18)19/h2-8H,1H3. The van der Waals surface area contributed by atoms with Gasteiger partial charge in [0, 0.05) is 12.1 Å². The molecule has 0 radical (unpaired) electrons. The maximum absolute atomic E-state index is 12.0. The van der Waals surface area contributed by atoms with Crippen LogP contribution in [0.25, 0.3) is 0 Å². The lowest BCUT2D eigenvalue weighted by Crippen LogP contribution is -2.10. The van der Waals surface area contributed by atoms with Crippen molar-refractivity contribution in [2.24, 2.45) is 0 Å². The van der Waals surface area contributed by atoms with Gasteiger partial charge in [-0.1, -0.05) is 6.07 Å². The Balaban J connectivity index is 2.32. The highest BCUT2D eigenvalue weighted by Crippen LogP contribution is 2.31. The third kappa shape index (κ3) is 3.59. The highest BCUT2D eigenvalue weighted by Gasteiger charge is 2.21. The number of nitro groups is 2. The molecule has 0 spiro atoms. The third-order valence-corrected chi connectivity index (χ3v) is 2.86. The molecular formula is C14H10N2O7. The number of nitro benzene ring substituents is 2. The topological polar surface area (TPSA) is 122 Å². The average Bonchev–Trinajstić information content (AvgIpc) is 2.55. The van der Waals surface area contributed by atoms with E-state index >= 15 is 0 Å². The Morgan fingerprint density at radius 2 is 1.78 bits per heavy atom. The molecule has 23 heavy (non-hydrogen) atoms. The first-order valence-corrected chi connectivity index (χ1v) is 6.21. The fraction of sp³-hybridized carbons (Fsp3) is 0.0714. The molecule has 2 aromatic carbocycles. The van der Waals surface area contributed by atoms with Crippen LogP contribution < -0.4 is 9.47 Å². The molecule has 0 bridgehead atoms. The lowest BCUT2D eigenvalue weighted by molar-refractivity contribution is -0.385. The summed E-state index contributed by atoms with van der Waals surface area (Å²) >= 11 is 0. The zero-order valence-electron chi connectivity index (χ0n) is 11.8. The van der Waals surface area contributed by atoms with E-state index in [1.807, 2.05) is 0 Å². The Morgan fingerprint density at radius 1 is 1.04 bits per heavy atom. The largest absolute Gasteiger partial charge is 0.496 e. The van der Waals surface area contributed by atoms with E-state index in [1.54, 1.807) is 0 Å². The molecule has 0 saturated carbocycles. The van der Waals surface area contributed by atoms with Gasteiger partial charge in [-0.05, 0) is 18.2 Å². The van der Waals surface area contributed by atoms with E-state index in [9.17, 15) is 25.0 Å². The summed E-state index contributed by atoms with van der Waals surface area (Å²) < 4.78 is 9.84. The van der Waals surface area contributed by atoms with Crippen molar-refractivity contribution in [1.82, 2.24) is 0 Å². The Labute approximate surface area is 129 Å². The maximum atomic E-state index is 12.0. The van der Waals surface area contributed by atoms with Gasteiger partial charge in [-0.2, -0.15) is 0 Å². The van der Waals surface area contributed by atoms with Crippen LogP contribution in [0.3, 0.4) is 0 Å². The van der Waals surface area contributed by atoms with E-state index in [-0.39, 0.29) is 22.7 Å². The quantitative estimate of drug-likeness (QED) is 0.359. The molecule has 9 nitrogen and oxygen atoms in total. The number of non-ortho nitro benzene ring substituents is 1. The molecule has 0 aliphatic heterocycles. The summed E-state index contributed by atoms with van der Waals surface area (Å²) in [6.45, 7) is 0. The van der Waals surface area contributed by atoms with Crippen molar-refractivity contribution >= 4 is 17.3 Å². The number of hydrogen-bond donors (Lipinski definition) is 0. The van der Waals surface area contributed by atoms with Gasteiger partial charge < -0.3 is 9.47 Å². The molecule has 0 aliphatic rings. The summed E-state index contributed by atoms with van der Waals surface area (Å²) in [5.74, 6) is -0.999. The Bertz CT molecular complexity index is 788. The second-order valence-corrected chi connectivity index (χ2v) is 4.29. The van der Waals surface area contributed by atoms with Crippen LogP contribution in [-0.4, -0.2) is 22.9 Å². The molecule has 0 N–H and O–H groups in total. The monoisotopic (exact) mass is 318 g/mol. The molecule has 0 fully saturated rings. The highest BCUT2D eigenvalue weighted by molar-refractivity contribution is 5.92. The van der Waals surface area contributed by atoms with Gasteiger partial charge in [-0.15, -0.1) is 0 Å². The summed E-state index contributed by atoms with van der Waals surface area (Å²) in [7, 11) is 1.34. The number of esters is 1. The molecule has 0 aliphatic carbocycles. The van der Waals surface area contributed by atoms with Crippen LogP contribution in [0, 0.1) is 20.2 Å². The molecule has 118 valence electrons. The minimum absolute atomic E-state index is 0.0932. The fourth-order valence-corrected chi connectivity index (χ4v) is 1.76. The summed E-state index contributed by atoms with van der Waals surface area (Å²) in [4.78, 5) is 32.4. The van der Waals surface area contributed by atoms with Gasteiger partial charge in [0.2, 0.25) is 5.75 Å². The number of methoxy groups -OCH3 is 1. The normalized spacial score (nSPS) is 9.96. The molecular weight excluding hydrogens is 308 g/mol. The van der Waals surface area contributed by atoms with Crippen molar-refractivity contribution in [2.75, 3.05) is 7.11 Å². The lowest BCUT2D eigenvalue weighted by atomic mass is 10.2. The van der Waals surface area contributed by atoms with Crippen LogP contribution in [0.15, 0.2) is 42.5 Å². The van der Waals surface area contributed by atoms with E-state index < -0.39 is 21.5 Å². The first kappa shape index (κ1) is 15.9. The summed E-state index contributed by atoms with van der Waals surface area (Å²) in [5, 5.41) is 21.7. The van der Waals surface area contributed by atoms with E-state index in [2.05, 4.69) is 0 Å². The summed E-state index contributed by atoms with van der Waals surface area (Å²) in [6.07, 6.45) is 0. The van der Waals surface area contributed by atoms with Crippen molar-refractivity contribution in [3.63, 3.8) is 0 Å². The van der Waals surface area contributed by atoms with Crippen LogP contribution in [0.2, 0.25) is 0 Å². The molecule has 2 aromatic rings. The third-order valence-electron chi connectivity index (χ3n) is 2.86. The van der Waals surface area contributed by atoms with Crippen LogP contribution in [0.5, 0.6) is 11.5 Å². The number of carbonyl (C=O) groups is 1. The molecule has 0 aromatic heterocycles. The number of carbonyl (C=O) groups excluding carboxylic acids is 1. The Hall–Kier alpha value is -3.49. The molecule has 0 heterocycles.